The Morgan fingerprint density at radius 2 is 2.04 bits per heavy atom. The monoisotopic (exact) mass is 339 g/mol. The van der Waals surface area contributed by atoms with Crippen LogP contribution in [0.3, 0.4) is 0 Å². The molecule has 0 aromatic heterocycles. The summed E-state index contributed by atoms with van der Waals surface area (Å²) in [7, 11) is 1.61. The molecule has 0 bridgehead atoms. The van der Waals surface area contributed by atoms with Gasteiger partial charge in [0, 0.05) is 23.7 Å². The fourth-order valence-corrected chi connectivity index (χ4v) is 3.70. The van der Waals surface area contributed by atoms with Crippen LogP contribution < -0.4 is 14.8 Å². The Balaban J connectivity index is 1.80. The fourth-order valence-electron chi connectivity index (χ4n) is 3.42. The van der Waals surface area contributed by atoms with Gasteiger partial charge in [-0.3, -0.25) is 4.79 Å². The Hall–Kier alpha value is -1.46. The summed E-state index contributed by atoms with van der Waals surface area (Å²) in [6.07, 6.45) is 5.27. The van der Waals surface area contributed by atoms with Crippen LogP contribution in [0.1, 0.15) is 43.7 Å². The number of aliphatic carboxylic acids is 1. The van der Waals surface area contributed by atoms with Crippen molar-refractivity contribution in [2.24, 2.45) is 5.92 Å². The van der Waals surface area contributed by atoms with Crippen molar-refractivity contribution in [1.82, 2.24) is 5.32 Å². The zero-order valence-corrected chi connectivity index (χ0v) is 13.9. The van der Waals surface area contributed by atoms with Gasteiger partial charge in [0.1, 0.15) is 0 Å². The zero-order chi connectivity index (χ0) is 16.4. The highest BCUT2D eigenvalue weighted by atomic mass is 35.5. The Bertz CT molecular complexity index is 586. The van der Waals surface area contributed by atoms with E-state index in [0.29, 0.717) is 29.5 Å². The van der Waals surface area contributed by atoms with E-state index in [1.165, 1.54) is 12.8 Å². The van der Waals surface area contributed by atoms with Gasteiger partial charge in [0.15, 0.2) is 11.5 Å². The van der Waals surface area contributed by atoms with Crippen LogP contribution in [0.5, 0.6) is 11.5 Å². The van der Waals surface area contributed by atoms with Gasteiger partial charge in [-0.1, -0.05) is 11.6 Å². The molecule has 0 spiro atoms. The lowest BCUT2D eigenvalue weighted by Gasteiger charge is -2.19. The van der Waals surface area contributed by atoms with Gasteiger partial charge in [0.2, 0.25) is 0 Å². The van der Waals surface area contributed by atoms with E-state index in [0.717, 1.165) is 18.4 Å². The first-order valence-corrected chi connectivity index (χ1v) is 8.46. The Labute approximate surface area is 140 Å². The second kappa shape index (κ2) is 6.97. The first-order valence-electron chi connectivity index (χ1n) is 8.08. The molecule has 2 atom stereocenters. The quantitative estimate of drug-likeness (QED) is 0.860. The van der Waals surface area contributed by atoms with Crippen molar-refractivity contribution in [3.8, 4) is 11.5 Å². The van der Waals surface area contributed by atoms with E-state index in [1.807, 2.05) is 6.07 Å². The van der Waals surface area contributed by atoms with Crippen molar-refractivity contribution in [2.75, 3.05) is 13.7 Å². The van der Waals surface area contributed by atoms with Gasteiger partial charge in [0.05, 0.1) is 19.1 Å². The van der Waals surface area contributed by atoms with Crippen LogP contribution in [-0.4, -0.2) is 30.8 Å². The first-order chi connectivity index (χ1) is 11.1. The average molecular weight is 340 g/mol. The summed E-state index contributed by atoms with van der Waals surface area (Å²) in [5.41, 5.74) is 0.867. The van der Waals surface area contributed by atoms with Crippen molar-refractivity contribution in [2.45, 2.75) is 44.2 Å². The Kier molecular flexibility index (Phi) is 4.97. The molecule has 6 heteroatoms. The van der Waals surface area contributed by atoms with Gasteiger partial charge >= 0.3 is 5.97 Å². The Morgan fingerprint density at radius 3 is 2.65 bits per heavy atom. The number of halogens is 1. The second-order valence-corrected chi connectivity index (χ2v) is 6.69. The third-order valence-corrected chi connectivity index (χ3v) is 5.06. The number of hydrogen-bond donors (Lipinski definition) is 2. The predicted octanol–water partition coefficient (Wildman–Crippen LogP) is 3.41. The number of ether oxygens (including phenoxy) is 2. The van der Waals surface area contributed by atoms with Crippen molar-refractivity contribution in [3.63, 3.8) is 0 Å². The minimum absolute atomic E-state index is 0.0713. The predicted molar refractivity (Wildman–Crippen MR) is 87.4 cm³/mol. The standard InChI is InChI=1S/C17H22ClNO4/c1-22-15-7-12(14-6-10(9-19-14)17(20)21)13(18)8-16(15)23-11-4-2-3-5-11/h7-8,10-11,14,19H,2-6,9H2,1H3,(H,20,21). The summed E-state index contributed by atoms with van der Waals surface area (Å²) < 4.78 is 11.5. The van der Waals surface area contributed by atoms with Gasteiger partial charge in [0.25, 0.3) is 0 Å². The van der Waals surface area contributed by atoms with Gasteiger partial charge < -0.3 is 19.9 Å². The van der Waals surface area contributed by atoms with E-state index in [-0.39, 0.29) is 18.1 Å². The number of carbonyl (C=O) groups is 1. The molecule has 3 rings (SSSR count). The summed E-state index contributed by atoms with van der Waals surface area (Å²) in [5, 5.41) is 12.9. The molecule has 1 saturated carbocycles. The van der Waals surface area contributed by atoms with Crippen LogP contribution in [0, 0.1) is 5.92 Å². The van der Waals surface area contributed by atoms with Crippen molar-refractivity contribution < 1.29 is 19.4 Å². The number of nitrogens with one attached hydrogen (secondary N) is 1. The largest absolute Gasteiger partial charge is 0.493 e. The number of carboxylic acid groups (broad SMARTS) is 1. The van der Waals surface area contributed by atoms with E-state index in [2.05, 4.69) is 5.32 Å². The van der Waals surface area contributed by atoms with Crippen LogP contribution >= 0.6 is 11.6 Å². The number of methoxy groups -OCH3 is 1. The lowest BCUT2D eigenvalue weighted by atomic mass is 9.99. The van der Waals surface area contributed by atoms with Crippen LogP contribution in [0.4, 0.5) is 0 Å². The smallest absolute Gasteiger partial charge is 0.307 e. The second-order valence-electron chi connectivity index (χ2n) is 6.28. The molecule has 1 aliphatic carbocycles. The highest BCUT2D eigenvalue weighted by molar-refractivity contribution is 6.31. The van der Waals surface area contributed by atoms with Gasteiger partial charge in [-0.25, -0.2) is 0 Å². The van der Waals surface area contributed by atoms with Crippen molar-refractivity contribution in [3.05, 3.63) is 22.7 Å². The summed E-state index contributed by atoms with van der Waals surface area (Å²) in [6.45, 7) is 0.457. The molecular formula is C17H22ClNO4. The minimum atomic E-state index is -0.774. The van der Waals surface area contributed by atoms with Crippen LogP contribution in [0.25, 0.3) is 0 Å². The maximum Gasteiger partial charge on any atom is 0.307 e. The zero-order valence-electron chi connectivity index (χ0n) is 13.2. The molecule has 126 valence electrons. The highest BCUT2D eigenvalue weighted by Gasteiger charge is 2.32. The van der Waals surface area contributed by atoms with Crippen molar-refractivity contribution >= 4 is 17.6 Å². The van der Waals surface area contributed by atoms with E-state index in [4.69, 9.17) is 26.2 Å². The molecule has 2 fully saturated rings. The third-order valence-electron chi connectivity index (χ3n) is 4.73. The van der Waals surface area contributed by atoms with Crippen LogP contribution in [0.15, 0.2) is 12.1 Å². The number of benzene rings is 1. The molecule has 1 saturated heterocycles. The van der Waals surface area contributed by atoms with E-state index < -0.39 is 5.97 Å². The molecule has 2 unspecified atom stereocenters. The number of hydrogen-bond acceptors (Lipinski definition) is 4. The molecule has 1 aromatic rings. The summed E-state index contributed by atoms with van der Waals surface area (Å²) >= 11 is 6.43. The average Bonchev–Trinajstić information content (AvgIpc) is 3.18. The van der Waals surface area contributed by atoms with Gasteiger partial charge in [-0.2, -0.15) is 0 Å². The molecule has 1 aliphatic heterocycles. The van der Waals surface area contributed by atoms with E-state index in [1.54, 1.807) is 13.2 Å². The SMILES string of the molecule is COc1cc(C2CC(C(=O)O)CN2)c(Cl)cc1OC1CCCC1. The normalized spacial score (nSPS) is 24.8. The lowest BCUT2D eigenvalue weighted by molar-refractivity contribution is -0.141. The highest BCUT2D eigenvalue weighted by Crippen LogP contribution is 2.40. The van der Waals surface area contributed by atoms with Crippen LogP contribution in [0.2, 0.25) is 5.02 Å². The number of carboxylic acids is 1. The van der Waals surface area contributed by atoms with E-state index in [9.17, 15) is 4.79 Å². The maximum absolute atomic E-state index is 11.1. The summed E-state index contributed by atoms with van der Waals surface area (Å²) in [5.74, 6) is 0.165. The molecule has 1 aromatic carbocycles. The third kappa shape index (κ3) is 3.56. The topological polar surface area (TPSA) is 67.8 Å². The fraction of sp³-hybridized carbons (Fsp3) is 0.588. The van der Waals surface area contributed by atoms with E-state index >= 15 is 0 Å². The van der Waals surface area contributed by atoms with Gasteiger partial charge in [-0.15, -0.1) is 0 Å². The molecule has 0 amide bonds. The molecule has 5 nitrogen and oxygen atoms in total. The van der Waals surface area contributed by atoms with Gasteiger partial charge in [-0.05, 0) is 43.7 Å². The molecule has 23 heavy (non-hydrogen) atoms. The van der Waals surface area contributed by atoms with Crippen LogP contribution in [-0.2, 0) is 4.79 Å². The minimum Gasteiger partial charge on any atom is -0.493 e. The Morgan fingerprint density at radius 1 is 1.30 bits per heavy atom. The molecule has 1 heterocycles. The molecule has 2 aliphatic rings. The molecule has 2 N–H and O–H groups in total. The lowest BCUT2D eigenvalue weighted by Crippen LogP contribution is -2.17. The summed E-state index contributed by atoms with van der Waals surface area (Å²) in [4.78, 5) is 11.1. The molecular weight excluding hydrogens is 318 g/mol. The maximum atomic E-state index is 11.1. The number of rotatable bonds is 5. The molecule has 0 radical (unpaired) electrons. The van der Waals surface area contributed by atoms with Crippen molar-refractivity contribution in [1.29, 1.82) is 0 Å². The first kappa shape index (κ1) is 16.4. The summed E-state index contributed by atoms with van der Waals surface area (Å²) in [6, 6.07) is 3.59.